The quantitative estimate of drug-likeness (QED) is 0.855. The number of rotatable bonds is 3. The Hall–Kier alpha value is -1.16. The smallest absolute Gasteiger partial charge is 0.137 e. The molecule has 78 valence electrons. The molecule has 0 fully saturated rings. The van der Waals surface area contributed by atoms with Gasteiger partial charge in [-0.25, -0.2) is 0 Å². The number of halogens is 1. The van der Waals surface area contributed by atoms with Gasteiger partial charge in [-0.1, -0.05) is 28.1 Å². The highest BCUT2D eigenvalue weighted by Crippen LogP contribution is 2.13. The van der Waals surface area contributed by atoms with Crippen molar-refractivity contribution in [2.45, 2.75) is 19.9 Å². The summed E-state index contributed by atoms with van der Waals surface area (Å²) in [6, 6.07) is 8.28. The monoisotopic (exact) mass is 265 g/mol. The number of hydrogen-bond donors (Lipinski definition) is 0. The molecule has 0 aliphatic rings. The molecule has 0 bridgehead atoms. The summed E-state index contributed by atoms with van der Waals surface area (Å²) < 4.78 is 3.16. The molecule has 0 aliphatic heterocycles. The van der Waals surface area contributed by atoms with E-state index < -0.39 is 0 Å². The highest BCUT2D eigenvalue weighted by molar-refractivity contribution is 9.10. The third kappa shape index (κ3) is 2.45. The molecule has 0 amide bonds. The minimum absolute atomic E-state index is 0.834. The summed E-state index contributed by atoms with van der Waals surface area (Å²) in [5.41, 5.74) is 1.25. The highest BCUT2D eigenvalue weighted by atomic mass is 79.9. The topological polar surface area (TPSA) is 30.7 Å². The van der Waals surface area contributed by atoms with E-state index >= 15 is 0 Å². The molecular formula is C11H12BrN3. The fourth-order valence-corrected chi connectivity index (χ4v) is 1.73. The fourth-order valence-electron chi connectivity index (χ4n) is 1.46. The molecule has 0 radical (unpaired) electrons. The van der Waals surface area contributed by atoms with E-state index in [2.05, 4.69) is 49.8 Å². The normalized spacial score (nSPS) is 10.5. The molecule has 0 saturated carbocycles. The largest absolute Gasteiger partial charge is 0.318 e. The maximum absolute atomic E-state index is 4.11. The number of aromatic nitrogens is 3. The Labute approximate surface area is 97.3 Å². The SMILES string of the molecule is CCn1cnnc1Cc1ccc(Br)cc1. The van der Waals surface area contributed by atoms with Gasteiger partial charge in [0.15, 0.2) is 0 Å². The first-order chi connectivity index (χ1) is 7.29. The van der Waals surface area contributed by atoms with Crippen molar-refractivity contribution >= 4 is 15.9 Å². The number of aryl methyl sites for hydroxylation is 1. The van der Waals surface area contributed by atoms with E-state index in [9.17, 15) is 0 Å². The van der Waals surface area contributed by atoms with Crippen molar-refractivity contribution in [3.8, 4) is 0 Å². The van der Waals surface area contributed by atoms with Crippen LogP contribution in [0.5, 0.6) is 0 Å². The lowest BCUT2D eigenvalue weighted by molar-refractivity contribution is 0.712. The molecule has 3 nitrogen and oxygen atoms in total. The van der Waals surface area contributed by atoms with Crippen molar-refractivity contribution < 1.29 is 0 Å². The molecule has 1 aromatic carbocycles. The van der Waals surface area contributed by atoms with Gasteiger partial charge in [-0.3, -0.25) is 0 Å². The summed E-state index contributed by atoms with van der Waals surface area (Å²) in [6.45, 7) is 3.01. The number of hydrogen-bond acceptors (Lipinski definition) is 2. The van der Waals surface area contributed by atoms with E-state index in [0.29, 0.717) is 0 Å². The second kappa shape index (κ2) is 4.57. The van der Waals surface area contributed by atoms with Crippen LogP contribution in [0.3, 0.4) is 0 Å². The van der Waals surface area contributed by atoms with Crippen LogP contribution in [0.2, 0.25) is 0 Å². The summed E-state index contributed by atoms with van der Waals surface area (Å²) in [5.74, 6) is 1.01. The van der Waals surface area contributed by atoms with Crippen LogP contribution in [-0.2, 0) is 13.0 Å². The molecule has 1 aromatic heterocycles. The predicted octanol–water partition coefficient (Wildman–Crippen LogP) is 2.65. The predicted molar refractivity (Wildman–Crippen MR) is 62.6 cm³/mol. The van der Waals surface area contributed by atoms with Crippen LogP contribution < -0.4 is 0 Å². The first-order valence-electron chi connectivity index (χ1n) is 4.90. The van der Waals surface area contributed by atoms with Crippen LogP contribution in [0, 0.1) is 0 Å². The molecule has 0 N–H and O–H groups in total. The summed E-state index contributed by atoms with van der Waals surface area (Å²) in [6.07, 6.45) is 2.61. The van der Waals surface area contributed by atoms with E-state index in [1.807, 2.05) is 12.1 Å². The Morgan fingerprint density at radius 3 is 2.67 bits per heavy atom. The second-order valence-corrected chi connectivity index (χ2v) is 4.25. The lowest BCUT2D eigenvalue weighted by Crippen LogP contribution is -2.01. The van der Waals surface area contributed by atoms with Gasteiger partial charge in [0, 0.05) is 17.4 Å². The van der Waals surface area contributed by atoms with Crippen molar-refractivity contribution in [3.05, 3.63) is 46.5 Å². The molecule has 0 unspecified atom stereocenters. The molecule has 0 saturated heterocycles. The Kier molecular flexibility index (Phi) is 3.16. The molecule has 0 atom stereocenters. The van der Waals surface area contributed by atoms with Gasteiger partial charge >= 0.3 is 0 Å². The first kappa shape index (κ1) is 10.4. The van der Waals surface area contributed by atoms with E-state index in [0.717, 1.165) is 23.3 Å². The van der Waals surface area contributed by atoms with Crippen molar-refractivity contribution in [1.82, 2.24) is 14.8 Å². The third-order valence-electron chi connectivity index (χ3n) is 2.31. The van der Waals surface area contributed by atoms with Crippen molar-refractivity contribution in [1.29, 1.82) is 0 Å². The van der Waals surface area contributed by atoms with Gasteiger partial charge in [-0.05, 0) is 24.6 Å². The third-order valence-corrected chi connectivity index (χ3v) is 2.84. The van der Waals surface area contributed by atoms with E-state index in [1.165, 1.54) is 5.56 Å². The average molecular weight is 266 g/mol. The van der Waals surface area contributed by atoms with Crippen molar-refractivity contribution in [3.63, 3.8) is 0 Å². The van der Waals surface area contributed by atoms with Gasteiger partial charge in [0.1, 0.15) is 12.2 Å². The molecular weight excluding hydrogens is 254 g/mol. The van der Waals surface area contributed by atoms with Crippen LogP contribution in [0.25, 0.3) is 0 Å². The van der Waals surface area contributed by atoms with Gasteiger partial charge in [0.25, 0.3) is 0 Å². The summed E-state index contributed by atoms with van der Waals surface area (Å²) in [5, 5.41) is 8.02. The highest BCUT2D eigenvalue weighted by Gasteiger charge is 2.03. The molecule has 2 aromatic rings. The minimum atomic E-state index is 0.834. The second-order valence-electron chi connectivity index (χ2n) is 3.34. The maximum atomic E-state index is 4.11. The zero-order chi connectivity index (χ0) is 10.7. The molecule has 0 spiro atoms. The Morgan fingerprint density at radius 1 is 1.27 bits per heavy atom. The zero-order valence-electron chi connectivity index (χ0n) is 8.52. The van der Waals surface area contributed by atoms with Gasteiger partial charge in [-0.15, -0.1) is 10.2 Å². The Balaban J connectivity index is 2.18. The average Bonchev–Trinajstić information content (AvgIpc) is 2.69. The fraction of sp³-hybridized carbons (Fsp3) is 0.273. The minimum Gasteiger partial charge on any atom is -0.318 e. The van der Waals surface area contributed by atoms with Crippen LogP contribution in [0.4, 0.5) is 0 Å². The summed E-state index contributed by atoms with van der Waals surface area (Å²) >= 11 is 3.42. The molecule has 0 aliphatic carbocycles. The van der Waals surface area contributed by atoms with Crippen LogP contribution in [0.1, 0.15) is 18.3 Å². The van der Waals surface area contributed by atoms with E-state index in [-0.39, 0.29) is 0 Å². The number of nitrogens with zero attached hydrogens (tertiary/aromatic N) is 3. The molecule has 2 rings (SSSR count). The van der Waals surface area contributed by atoms with E-state index in [1.54, 1.807) is 6.33 Å². The summed E-state index contributed by atoms with van der Waals surface area (Å²) in [7, 11) is 0. The Morgan fingerprint density at radius 2 is 2.00 bits per heavy atom. The molecule has 1 heterocycles. The van der Waals surface area contributed by atoms with Gasteiger partial charge in [0.2, 0.25) is 0 Å². The lowest BCUT2D eigenvalue weighted by Gasteiger charge is -2.03. The van der Waals surface area contributed by atoms with Gasteiger partial charge in [-0.2, -0.15) is 0 Å². The molecule has 15 heavy (non-hydrogen) atoms. The molecule has 4 heteroatoms. The maximum Gasteiger partial charge on any atom is 0.137 e. The lowest BCUT2D eigenvalue weighted by atomic mass is 10.1. The standard InChI is InChI=1S/C11H12BrN3/c1-2-15-8-13-14-11(15)7-9-3-5-10(12)6-4-9/h3-6,8H,2,7H2,1H3. The Bertz CT molecular complexity index is 433. The van der Waals surface area contributed by atoms with Crippen molar-refractivity contribution in [2.75, 3.05) is 0 Å². The van der Waals surface area contributed by atoms with Gasteiger partial charge in [0.05, 0.1) is 0 Å². The van der Waals surface area contributed by atoms with Crippen LogP contribution >= 0.6 is 15.9 Å². The van der Waals surface area contributed by atoms with Crippen LogP contribution in [0.15, 0.2) is 35.1 Å². The first-order valence-corrected chi connectivity index (χ1v) is 5.70. The number of benzene rings is 1. The summed E-state index contributed by atoms with van der Waals surface area (Å²) in [4.78, 5) is 0. The van der Waals surface area contributed by atoms with Crippen LogP contribution in [-0.4, -0.2) is 14.8 Å². The zero-order valence-corrected chi connectivity index (χ0v) is 10.1. The van der Waals surface area contributed by atoms with E-state index in [4.69, 9.17) is 0 Å². The van der Waals surface area contributed by atoms with Crippen molar-refractivity contribution in [2.24, 2.45) is 0 Å². The van der Waals surface area contributed by atoms with Gasteiger partial charge < -0.3 is 4.57 Å².